The average Bonchev–Trinajstić information content (AvgIpc) is 2.68. The molecule has 0 heterocycles. The summed E-state index contributed by atoms with van der Waals surface area (Å²) >= 11 is 0. The predicted molar refractivity (Wildman–Crippen MR) is 118 cm³/mol. The van der Waals surface area contributed by atoms with Crippen molar-refractivity contribution >= 4 is 7.82 Å². The maximum Gasteiger partial charge on any atom is 0.584 e. The van der Waals surface area contributed by atoms with Gasteiger partial charge in [0.25, 0.3) is 0 Å². The van der Waals surface area contributed by atoms with Gasteiger partial charge in [-0.25, -0.2) is 4.57 Å². The molecular formula is C24H27O5P. The van der Waals surface area contributed by atoms with Gasteiger partial charge in [-0.3, -0.25) is 4.89 Å². The van der Waals surface area contributed by atoms with Gasteiger partial charge >= 0.3 is 7.82 Å². The molecule has 1 N–H and O–H groups in total. The molecule has 0 bridgehead atoms. The topological polar surface area (TPSA) is 65.0 Å². The number of hydrogen-bond donors (Lipinski definition) is 1. The zero-order valence-corrected chi connectivity index (χ0v) is 18.4. The fourth-order valence-corrected chi connectivity index (χ4v) is 4.33. The molecule has 0 fully saturated rings. The first-order valence-electron chi connectivity index (χ1n) is 9.86. The van der Waals surface area contributed by atoms with Crippen molar-refractivity contribution in [3.8, 4) is 17.2 Å². The van der Waals surface area contributed by atoms with E-state index in [0.29, 0.717) is 5.75 Å². The maximum atomic E-state index is 12.3. The van der Waals surface area contributed by atoms with E-state index in [1.54, 1.807) is 49.6 Å². The van der Waals surface area contributed by atoms with E-state index in [2.05, 4.69) is 26.0 Å². The SMILES string of the molecule is COc1c(C)cc(CCCc2cccc(OP(=O)(O)Oc3ccccc3)c2)cc1C. The van der Waals surface area contributed by atoms with Crippen molar-refractivity contribution in [3.63, 3.8) is 0 Å². The van der Waals surface area contributed by atoms with E-state index >= 15 is 0 Å². The fraction of sp³-hybridized carbons (Fsp3) is 0.250. The Balaban J connectivity index is 1.58. The lowest BCUT2D eigenvalue weighted by molar-refractivity contribution is 0.291. The molecule has 30 heavy (non-hydrogen) atoms. The van der Waals surface area contributed by atoms with Crippen LogP contribution in [0.15, 0.2) is 66.7 Å². The van der Waals surface area contributed by atoms with Crippen molar-refractivity contribution in [1.29, 1.82) is 0 Å². The van der Waals surface area contributed by atoms with Crippen molar-refractivity contribution in [2.24, 2.45) is 0 Å². The number of phosphoric ester groups is 1. The molecule has 0 aliphatic rings. The average molecular weight is 426 g/mol. The summed E-state index contributed by atoms with van der Waals surface area (Å²) in [5.41, 5.74) is 4.59. The smallest absolute Gasteiger partial charge is 0.496 e. The molecule has 0 aliphatic carbocycles. The van der Waals surface area contributed by atoms with E-state index in [1.165, 1.54) is 5.56 Å². The minimum Gasteiger partial charge on any atom is -0.496 e. The predicted octanol–water partition coefficient (Wildman–Crippen LogP) is 6.05. The second-order valence-electron chi connectivity index (χ2n) is 7.23. The summed E-state index contributed by atoms with van der Waals surface area (Å²) < 4.78 is 28.1. The largest absolute Gasteiger partial charge is 0.584 e. The Hall–Kier alpha value is -2.75. The molecule has 0 radical (unpaired) electrons. The molecule has 0 aromatic heterocycles. The first-order chi connectivity index (χ1) is 14.4. The highest BCUT2D eigenvalue weighted by Gasteiger charge is 2.25. The van der Waals surface area contributed by atoms with Crippen LogP contribution in [0, 0.1) is 13.8 Å². The van der Waals surface area contributed by atoms with Crippen LogP contribution >= 0.6 is 7.82 Å². The monoisotopic (exact) mass is 426 g/mol. The summed E-state index contributed by atoms with van der Waals surface area (Å²) in [5.74, 6) is 1.53. The molecule has 0 spiro atoms. The number of ether oxygens (including phenoxy) is 1. The third-order valence-electron chi connectivity index (χ3n) is 4.74. The maximum absolute atomic E-state index is 12.3. The highest BCUT2D eigenvalue weighted by atomic mass is 31.2. The van der Waals surface area contributed by atoms with Crippen LogP contribution in [-0.2, 0) is 17.4 Å². The van der Waals surface area contributed by atoms with Gasteiger partial charge in [-0.15, -0.1) is 0 Å². The van der Waals surface area contributed by atoms with Gasteiger partial charge in [-0.2, -0.15) is 0 Å². The number of methoxy groups -OCH3 is 1. The van der Waals surface area contributed by atoms with Gasteiger partial charge in [0, 0.05) is 0 Å². The molecule has 3 aromatic rings. The molecule has 6 heteroatoms. The lowest BCUT2D eigenvalue weighted by Gasteiger charge is -2.14. The summed E-state index contributed by atoms with van der Waals surface area (Å²) in [5, 5.41) is 0. The Morgan fingerprint density at radius 3 is 2.07 bits per heavy atom. The van der Waals surface area contributed by atoms with E-state index in [0.717, 1.165) is 41.7 Å². The minimum atomic E-state index is -4.26. The van der Waals surface area contributed by atoms with Crippen molar-refractivity contribution in [1.82, 2.24) is 0 Å². The van der Waals surface area contributed by atoms with Crippen molar-refractivity contribution in [2.45, 2.75) is 33.1 Å². The van der Waals surface area contributed by atoms with E-state index in [9.17, 15) is 9.46 Å². The number of phosphoric acid groups is 1. The van der Waals surface area contributed by atoms with Crippen LogP contribution in [0.3, 0.4) is 0 Å². The summed E-state index contributed by atoms with van der Waals surface area (Å²) in [7, 11) is -2.57. The summed E-state index contributed by atoms with van der Waals surface area (Å²) in [6.45, 7) is 4.11. The van der Waals surface area contributed by atoms with Crippen LogP contribution in [0.2, 0.25) is 0 Å². The lowest BCUT2D eigenvalue weighted by atomic mass is 10.00. The fourth-order valence-electron chi connectivity index (χ4n) is 3.53. The van der Waals surface area contributed by atoms with Gasteiger partial charge < -0.3 is 13.8 Å². The van der Waals surface area contributed by atoms with Crippen LogP contribution < -0.4 is 13.8 Å². The molecule has 3 aromatic carbocycles. The second kappa shape index (κ2) is 9.84. The molecule has 0 saturated carbocycles. The molecule has 0 amide bonds. The van der Waals surface area contributed by atoms with Crippen LogP contribution in [0.25, 0.3) is 0 Å². The number of hydrogen-bond acceptors (Lipinski definition) is 4. The third-order valence-corrected chi connectivity index (χ3v) is 5.62. The first kappa shape index (κ1) is 21.9. The van der Waals surface area contributed by atoms with E-state index in [1.807, 2.05) is 12.1 Å². The van der Waals surface area contributed by atoms with Gasteiger partial charge in [-0.1, -0.05) is 42.5 Å². The van der Waals surface area contributed by atoms with Gasteiger partial charge in [0.15, 0.2) is 0 Å². The Kier molecular flexibility index (Phi) is 7.20. The standard InChI is InChI=1S/C24H27O5P/c1-18-15-21(16-19(2)24(18)27-3)11-7-9-20-10-8-14-23(17-20)29-30(25,26)28-22-12-5-4-6-13-22/h4-6,8,10,12-17H,7,9,11H2,1-3H3,(H,25,26). The van der Waals surface area contributed by atoms with Crippen molar-refractivity contribution < 1.29 is 23.2 Å². The molecule has 1 atom stereocenters. The van der Waals surface area contributed by atoms with Gasteiger partial charge in [0.2, 0.25) is 0 Å². The second-order valence-corrected chi connectivity index (χ2v) is 8.53. The molecule has 1 unspecified atom stereocenters. The molecular weight excluding hydrogens is 399 g/mol. The number of rotatable bonds is 9. The normalized spacial score (nSPS) is 12.8. The van der Waals surface area contributed by atoms with Crippen LogP contribution in [0.4, 0.5) is 0 Å². The molecule has 5 nitrogen and oxygen atoms in total. The summed E-state index contributed by atoms with van der Waals surface area (Å²) in [6, 6.07) is 20.0. The third kappa shape index (κ3) is 6.12. The highest BCUT2D eigenvalue weighted by molar-refractivity contribution is 7.48. The molecule has 158 valence electrons. The number of aryl methyl sites for hydroxylation is 4. The van der Waals surface area contributed by atoms with Gasteiger partial charge in [0.05, 0.1) is 7.11 Å². The zero-order valence-electron chi connectivity index (χ0n) is 17.5. The van der Waals surface area contributed by atoms with Crippen molar-refractivity contribution in [2.75, 3.05) is 7.11 Å². The van der Waals surface area contributed by atoms with Gasteiger partial charge in [-0.05, 0) is 79.6 Å². The van der Waals surface area contributed by atoms with Crippen molar-refractivity contribution in [3.05, 3.63) is 89.0 Å². The number of para-hydroxylation sites is 1. The first-order valence-corrected chi connectivity index (χ1v) is 11.4. The highest BCUT2D eigenvalue weighted by Crippen LogP contribution is 2.44. The van der Waals surface area contributed by atoms with Crippen LogP contribution in [0.1, 0.15) is 28.7 Å². The Labute approximate surface area is 177 Å². The van der Waals surface area contributed by atoms with E-state index in [-0.39, 0.29) is 5.75 Å². The van der Waals surface area contributed by atoms with E-state index < -0.39 is 7.82 Å². The van der Waals surface area contributed by atoms with E-state index in [4.69, 9.17) is 13.8 Å². The Morgan fingerprint density at radius 2 is 1.40 bits per heavy atom. The summed E-state index contributed by atoms with van der Waals surface area (Å²) in [6.07, 6.45) is 2.72. The Morgan fingerprint density at radius 1 is 0.800 bits per heavy atom. The molecule has 0 saturated heterocycles. The lowest BCUT2D eigenvalue weighted by Crippen LogP contribution is -2.00. The minimum absolute atomic E-state index is 0.282. The zero-order chi connectivity index (χ0) is 21.6. The summed E-state index contributed by atoms with van der Waals surface area (Å²) in [4.78, 5) is 10.0. The Bertz CT molecular complexity index is 1010. The van der Waals surface area contributed by atoms with Gasteiger partial charge in [0.1, 0.15) is 17.2 Å². The van der Waals surface area contributed by atoms with Crippen LogP contribution in [-0.4, -0.2) is 12.0 Å². The quantitative estimate of drug-likeness (QED) is 0.422. The number of benzene rings is 3. The van der Waals surface area contributed by atoms with Crippen LogP contribution in [0.5, 0.6) is 17.2 Å². The molecule has 0 aliphatic heterocycles. The molecule has 3 rings (SSSR count).